The molecule has 0 bridgehead atoms. The molecule has 0 amide bonds. The molecular formula is C15H13FN2O2S. The maximum Gasteiger partial charge on any atom is 0.263 e. The molecule has 4 nitrogen and oxygen atoms in total. The average Bonchev–Trinajstić information content (AvgIpc) is 2.73. The molecule has 1 heterocycles. The standard InChI is InChI=1S/C15H13FN2O2S/c16-13-7-3-1-5-11(13)9-10-17-15-12-6-2-4-8-14(12)21(19,20)18-15/h1-8H,9-10H2,(H,17,18). The summed E-state index contributed by atoms with van der Waals surface area (Å²) in [5.41, 5.74) is 1.13. The Bertz CT molecular complexity index is 816. The van der Waals surface area contributed by atoms with Gasteiger partial charge in [0.15, 0.2) is 0 Å². The third-order valence-corrected chi connectivity index (χ3v) is 4.67. The predicted molar refractivity (Wildman–Crippen MR) is 78.3 cm³/mol. The fourth-order valence-electron chi connectivity index (χ4n) is 2.24. The van der Waals surface area contributed by atoms with E-state index in [2.05, 4.69) is 9.71 Å². The van der Waals surface area contributed by atoms with E-state index in [0.717, 1.165) is 0 Å². The van der Waals surface area contributed by atoms with E-state index < -0.39 is 10.0 Å². The van der Waals surface area contributed by atoms with Crippen molar-refractivity contribution in [2.45, 2.75) is 11.3 Å². The molecule has 0 saturated carbocycles. The normalized spacial score (nSPS) is 17.5. The van der Waals surface area contributed by atoms with E-state index in [1.807, 2.05) is 0 Å². The highest BCUT2D eigenvalue weighted by atomic mass is 32.2. The van der Waals surface area contributed by atoms with Gasteiger partial charge in [-0.3, -0.25) is 9.71 Å². The van der Waals surface area contributed by atoms with E-state index in [0.29, 0.717) is 29.9 Å². The number of hydrogen-bond acceptors (Lipinski definition) is 3. The molecule has 1 N–H and O–H groups in total. The Hall–Kier alpha value is -2.21. The SMILES string of the molecule is O=S1(=O)NC(=NCCc2ccccc2F)c2ccccc21. The van der Waals surface area contributed by atoms with Crippen LogP contribution in [-0.4, -0.2) is 20.8 Å². The minimum atomic E-state index is -3.51. The maximum atomic E-state index is 13.5. The number of amidine groups is 1. The van der Waals surface area contributed by atoms with Crippen LogP contribution in [0, 0.1) is 5.82 Å². The largest absolute Gasteiger partial charge is 0.267 e. The van der Waals surface area contributed by atoms with Crippen molar-refractivity contribution >= 4 is 15.9 Å². The first-order valence-corrected chi connectivity index (χ1v) is 7.96. The molecule has 0 radical (unpaired) electrons. The summed E-state index contributed by atoms with van der Waals surface area (Å²) >= 11 is 0. The first-order valence-electron chi connectivity index (χ1n) is 6.48. The van der Waals surface area contributed by atoms with Gasteiger partial charge in [0.25, 0.3) is 10.0 Å². The van der Waals surface area contributed by atoms with Gasteiger partial charge in [0.1, 0.15) is 11.7 Å². The molecule has 0 aromatic heterocycles. The van der Waals surface area contributed by atoms with Crippen LogP contribution >= 0.6 is 0 Å². The van der Waals surface area contributed by atoms with Crippen molar-refractivity contribution in [3.8, 4) is 0 Å². The van der Waals surface area contributed by atoms with E-state index >= 15 is 0 Å². The lowest BCUT2D eigenvalue weighted by Crippen LogP contribution is -2.22. The second-order valence-corrected chi connectivity index (χ2v) is 6.32. The van der Waals surface area contributed by atoms with Crippen molar-refractivity contribution in [1.29, 1.82) is 0 Å². The van der Waals surface area contributed by atoms with Gasteiger partial charge < -0.3 is 0 Å². The van der Waals surface area contributed by atoms with Crippen molar-refractivity contribution in [3.63, 3.8) is 0 Å². The van der Waals surface area contributed by atoms with E-state index in [9.17, 15) is 12.8 Å². The molecule has 1 aliphatic heterocycles. The maximum absolute atomic E-state index is 13.5. The highest BCUT2D eigenvalue weighted by Crippen LogP contribution is 2.22. The van der Waals surface area contributed by atoms with Crippen molar-refractivity contribution in [2.24, 2.45) is 4.99 Å². The van der Waals surface area contributed by atoms with Crippen LogP contribution < -0.4 is 4.72 Å². The second kappa shape index (κ2) is 5.29. The van der Waals surface area contributed by atoms with Gasteiger partial charge >= 0.3 is 0 Å². The molecule has 0 spiro atoms. The first kappa shape index (κ1) is 13.8. The van der Waals surface area contributed by atoms with E-state index in [4.69, 9.17) is 0 Å². The zero-order valence-corrected chi connectivity index (χ0v) is 11.9. The number of fused-ring (bicyclic) bond motifs is 1. The summed E-state index contributed by atoms with van der Waals surface area (Å²) in [6, 6.07) is 13.2. The lowest BCUT2D eigenvalue weighted by atomic mass is 10.1. The van der Waals surface area contributed by atoms with Gasteiger partial charge in [0.2, 0.25) is 0 Å². The summed E-state index contributed by atoms with van der Waals surface area (Å²) in [6.07, 6.45) is 0.417. The molecule has 2 aromatic rings. The lowest BCUT2D eigenvalue weighted by molar-refractivity contribution is 0.595. The topological polar surface area (TPSA) is 58.5 Å². The van der Waals surface area contributed by atoms with Gasteiger partial charge in [-0.25, -0.2) is 12.8 Å². The number of rotatable bonds is 3. The summed E-state index contributed by atoms with van der Waals surface area (Å²) in [7, 11) is -3.51. The number of aliphatic imine (C=N–C) groups is 1. The molecule has 0 atom stereocenters. The first-order chi connectivity index (χ1) is 10.1. The summed E-state index contributed by atoms with van der Waals surface area (Å²) < 4.78 is 39.7. The van der Waals surface area contributed by atoms with Crippen LogP contribution in [0.25, 0.3) is 0 Å². The minimum absolute atomic E-state index is 0.231. The summed E-state index contributed by atoms with van der Waals surface area (Å²) in [6.45, 7) is 0.313. The van der Waals surface area contributed by atoms with E-state index in [1.54, 1.807) is 36.4 Å². The van der Waals surface area contributed by atoms with Gasteiger partial charge in [-0.15, -0.1) is 0 Å². The third kappa shape index (κ3) is 2.67. The van der Waals surface area contributed by atoms with Gasteiger partial charge in [0.05, 0.1) is 4.90 Å². The molecular weight excluding hydrogens is 291 g/mol. The highest BCUT2D eigenvalue weighted by Gasteiger charge is 2.29. The number of nitrogens with zero attached hydrogens (tertiary/aromatic N) is 1. The summed E-state index contributed by atoms with van der Waals surface area (Å²) in [4.78, 5) is 4.49. The zero-order chi connectivity index (χ0) is 14.9. The Kier molecular flexibility index (Phi) is 3.47. The van der Waals surface area contributed by atoms with Crippen LogP contribution in [0.5, 0.6) is 0 Å². The Balaban J connectivity index is 1.81. The molecule has 1 aliphatic rings. The van der Waals surface area contributed by atoms with Crippen LogP contribution in [-0.2, 0) is 16.4 Å². The van der Waals surface area contributed by atoms with Crippen LogP contribution in [0.15, 0.2) is 58.4 Å². The fourth-order valence-corrected chi connectivity index (χ4v) is 3.49. The van der Waals surface area contributed by atoms with Gasteiger partial charge in [0, 0.05) is 12.1 Å². The van der Waals surface area contributed by atoms with Crippen LogP contribution in [0.3, 0.4) is 0 Å². The van der Waals surface area contributed by atoms with Crippen molar-refractivity contribution in [2.75, 3.05) is 6.54 Å². The van der Waals surface area contributed by atoms with Crippen LogP contribution in [0.2, 0.25) is 0 Å². The molecule has 0 saturated heterocycles. The molecule has 21 heavy (non-hydrogen) atoms. The Morgan fingerprint density at radius 2 is 1.76 bits per heavy atom. The third-order valence-electron chi connectivity index (χ3n) is 3.27. The highest BCUT2D eigenvalue weighted by molar-refractivity contribution is 7.90. The summed E-state index contributed by atoms with van der Waals surface area (Å²) in [5.74, 6) is 0.0482. The monoisotopic (exact) mass is 304 g/mol. The quantitative estimate of drug-likeness (QED) is 0.944. The number of nitrogens with one attached hydrogen (secondary N) is 1. The van der Waals surface area contributed by atoms with E-state index in [-0.39, 0.29) is 10.7 Å². The van der Waals surface area contributed by atoms with Crippen LogP contribution in [0.1, 0.15) is 11.1 Å². The Labute approximate surface area is 122 Å². The lowest BCUT2D eigenvalue weighted by Gasteiger charge is -2.01. The molecule has 0 unspecified atom stereocenters. The molecule has 108 valence electrons. The number of benzene rings is 2. The number of sulfonamides is 1. The number of hydrogen-bond donors (Lipinski definition) is 1. The van der Waals surface area contributed by atoms with E-state index in [1.165, 1.54) is 12.1 Å². The smallest absolute Gasteiger partial charge is 0.263 e. The van der Waals surface area contributed by atoms with Crippen molar-refractivity contribution in [1.82, 2.24) is 4.72 Å². The number of halogens is 1. The predicted octanol–water partition coefficient (Wildman–Crippen LogP) is 2.11. The second-order valence-electron chi connectivity index (χ2n) is 4.67. The minimum Gasteiger partial charge on any atom is -0.267 e. The fraction of sp³-hybridized carbons (Fsp3) is 0.133. The average molecular weight is 304 g/mol. The molecule has 2 aromatic carbocycles. The van der Waals surface area contributed by atoms with Gasteiger partial charge in [-0.2, -0.15) is 0 Å². The van der Waals surface area contributed by atoms with Gasteiger partial charge in [-0.1, -0.05) is 30.3 Å². The van der Waals surface area contributed by atoms with Gasteiger partial charge in [-0.05, 0) is 30.2 Å². The zero-order valence-electron chi connectivity index (χ0n) is 11.1. The molecule has 0 aliphatic carbocycles. The Morgan fingerprint density at radius 3 is 2.57 bits per heavy atom. The molecule has 3 rings (SSSR count). The Morgan fingerprint density at radius 1 is 1.05 bits per heavy atom. The summed E-state index contributed by atoms with van der Waals surface area (Å²) in [5, 5.41) is 0. The van der Waals surface area contributed by atoms with Crippen LogP contribution in [0.4, 0.5) is 4.39 Å². The molecule has 0 fully saturated rings. The molecule has 6 heteroatoms. The van der Waals surface area contributed by atoms with Crippen molar-refractivity contribution in [3.05, 3.63) is 65.5 Å². The van der Waals surface area contributed by atoms with Crippen molar-refractivity contribution < 1.29 is 12.8 Å².